The first kappa shape index (κ1) is 10.3. The number of aryl methyl sites for hydroxylation is 2. The lowest BCUT2D eigenvalue weighted by atomic mass is 10.1. The van der Waals surface area contributed by atoms with E-state index in [1.54, 1.807) is 22.2 Å². The van der Waals surface area contributed by atoms with Crippen LogP contribution in [0.2, 0.25) is 0 Å². The van der Waals surface area contributed by atoms with Crippen LogP contribution in [0, 0.1) is 6.92 Å². The Balaban J connectivity index is 2.10. The summed E-state index contributed by atoms with van der Waals surface area (Å²) in [4.78, 5) is 4.32. The van der Waals surface area contributed by atoms with Crippen LogP contribution in [0.5, 0.6) is 0 Å². The minimum atomic E-state index is -0.529. The third kappa shape index (κ3) is 2.24. The highest BCUT2D eigenvalue weighted by molar-refractivity contribution is 7.09. The van der Waals surface area contributed by atoms with Gasteiger partial charge >= 0.3 is 0 Å². The first-order chi connectivity index (χ1) is 7.16. The topological polar surface area (TPSA) is 50.9 Å². The molecule has 0 aliphatic carbocycles. The largest absolute Gasteiger partial charge is 0.386 e. The SMILES string of the molecule is Cc1nc(CC(O)c2ccnn2C)cs1. The fourth-order valence-electron chi connectivity index (χ4n) is 1.52. The molecule has 0 aliphatic rings. The van der Waals surface area contributed by atoms with Crippen molar-refractivity contribution in [2.75, 3.05) is 0 Å². The van der Waals surface area contributed by atoms with Crippen molar-refractivity contribution in [3.63, 3.8) is 0 Å². The zero-order valence-corrected chi connectivity index (χ0v) is 9.53. The zero-order valence-electron chi connectivity index (χ0n) is 8.71. The van der Waals surface area contributed by atoms with Crippen LogP contribution in [0.3, 0.4) is 0 Å². The van der Waals surface area contributed by atoms with Crippen LogP contribution in [0.25, 0.3) is 0 Å². The summed E-state index contributed by atoms with van der Waals surface area (Å²) in [6.07, 6.45) is 1.70. The Kier molecular flexibility index (Phi) is 2.83. The fraction of sp³-hybridized carbons (Fsp3) is 0.400. The molecule has 0 saturated carbocycles. The van der Waals surface area contributed by atoms with E-state index in [-0.39, 0.29) is 0 Å². The lowest BCUT2D eigenvalue weighted by Gasteiger charge is -2.08. The van der Waals surface area contributed by atoms with Crippen LogP contribution in [0.4, 0.5) is 0 Å². The Morgan fingerprint density at radius 3 is 2.93 bits per heavy atom. The molecule has 0 fully saturated rings. The van der Waals surface area contributed by atoms with Crippen molar-refractivity contribution in [3.05, 3.63) is 34.0 Å². The van der Waals surface area contributed by atoms with Crippen LogP contribution in [-0.4, -0.2) is 19.9 Å². The molecule has 15 heavy (non-hydrogen) atoms. The zero-order chi connectivity index (χ0) is 10.8. The summed E-state index contributed by atoms with van der Waals surface area (Å²) < 4.78 is 1.68. The first-order valence-corrected chi connectivity index (χ1v) is 5.62. The molecule has 5 heteroatoms. The van der Waals surface area contributed by atoms with Gasteiger partial charge < -0.3 is 5.11 Å². The molecule has 2 heterocycles. The maximum atomic E-state index is 9.96. The minimum absolute atomic E-state index is 0.529. The van der Waals surface area contributed by atoms with Gasteiger partial charge in [0.05, 0.1) is 16.4 Å². The smallest absolute Gasteiger partial charge is 0.101 e. The summed E-state index contributed by atoms with van der Waals surface area (Å²) in [7, 11) is 1.82. The van der Waals surface area contributed by atoms with E-state index in [4.69, 9.17) is 0 Å². The van der Waals surface area contributed by atoms with E-state index in [9.17, 15) is 5.11 Å². The van der Waals surface area contributed by atoms with Gasteiger partial charge in [-0.15, -0.1) is 11.3 Å². The second-order valence-electron chi connectivity index (χ2n) is 3.46. The van der Waals surface area contributed by atoms with Crippen molar-refractivity contribution in [3.8, 4) is 0 Å². The van der Waals surface area contributed by atoms with Gasteiger partial charge in [0, 0.05) is 25.0 Å². The fourth-order valence-corrected chi connectivity index (χ4v) is 2.14. The predicted molar refractivity (Wildman–Crippen MR) is 58.7 cm³/mol. The summed E-state index contributed by atoms with van der Waals surface area (Å²) in [6, 6.07) is 1.82. The monoisotopic (exact) mass is 223 g/mol. The van der Waals surface area contributed by atoms with E-state index in [2.05, 4.69) is 10.1 Å². The Hall–Kier alpha value is -1.20. The van der Waals surface area contributed by atoms with Crippen molar-refractivity contribution in [2.24, 2.45) is 7.05 Å². The molecule has 1 unspecified atom stereocenters. The maximum Gasteiger partial charge on any atom is 0.101 e. The van der Waals surface area contributed by atoms with Gasteiger partial charge in [0.2, 0.25) is 0 Å². The van der Waals surface area contributed by atoms with E-state index in [1.807, 2.05) is 25.4 Å². The summed E-state index contributed by atoms with van der Waals surface area (Å²) in [5.74, 6) is 0. The standard InChI is InChI=1S/C10H13N3OS/c1-7-12-8(6-15-7)5-10(14)9-3-4-11-13(9)2/h3-4,6,10,14H,5H2,1-2H3. The number of aliphatic hydroxyl groups is 1. The molecule has 0 saturated heterocycles. The molecular weight excluding hydrogens is 210 g/mol. The number of aliphatic hydroxyl groups excluding tert-OH is 1. The summed E-state index contributed by atoms with van der Waals surface area (Å²) in [5, 5.41) is 17.0. The number of aromatic nitrogens is 3. The normalized spacial score (nSPS) is 13.0. The predicted octanol–water partition coefficient (Wildman–Crippen LogP) is 1.46. The summed E-state index contributed by atoms with van der Waals surface area (Å²) >= 11 is 1.60. The highest BCUT2D eigenvalue weighted by Crippen LogP contribution is 2.18. The first-order valence-electron chi connectivity index (χ1n) is 4.74. The maximum absolute atomic E-state index is 9.96. The van der Waals surface area contributed by atoms with Gasteiger partial charge in [0.15, 0.2) is 0 Å². The summed E-state index contributed by atoms with van der Waals surface area (Å²) in [6.45, 7) is 1.96. The van der Waals surface area contributed by atoms with Gasteiger partial charge in [-0.05, 0) is 13.0 Å². The van der Waals surface area contributed by atoms with E-state index < -0.39 is 6.10 Å². The van der Waals surface area contributed by atoms with Crippen molar-refractivity contribution in [1.82, 2.24) is 14.8 Å². The molecule has 80 valence electrons. The third-order valence-corrected chi connectivity index (χ3v) is 3.09. The number of thiazole rings is 1. The number of rotatable bonds is 3. The van der Waals surface area contributed by atoms with Crippen molar-refractivity contribution in [2.45, 2.75) is 19.4 Å². The molecule has 0 aliphatic heterocycles. The van der Waals surface area contributed by atoms with Crippen molar-refractivity contribution >= 4 is 11.3 Å². The Morgan fingerprint density at radius 2 is 2.40 bits per heavy atom. The molecule has 2 rings (SSSR count). The lowest BCUT2D eigenvalue weighted by Crippen LogP contribution is -2.08. The average molecular weight is 223 g/mol. The quantitative estimate of drug-likeness (QED) is 0.857. The van der Waals surface area contributed by atoms with Crippen LogP contribution in [-0.2, 0) is 13.5 Å². The second kappa shape index (κ2) is 4.12. The van der Waals surface area contributed by atoms with E-state index in [0.717, 1.165) is 16.4 Å². The number of hydrogen-bond acceptors (Lipinski definition) is 4. The molecule has 0 radical (unpaired) electrons. The minimum Gasteiger partial charge on any atom is -0.386 e. The number of hydrogen-bond donors (Lipinski definition) is 1. The van der Waals surface area contributed by atoms with Gasteiger partial charge in [0.25, 0.3) is 0 Å². The van der Waals surface area contributed by atoms with Gasteiger partial charge in [-0.3, -0.25) is 4.68 Å². The lowest BCUT2D eigenvalue weighted by molar-refractivity contribution is 0.167. The molecule has 1 atom stereocenters. The highest BCUT2D eigenvalue weighted by Gasteiger charge is 2.13. The summed E-state index contributed by atoms with van der Waals surface area (Å²) in [5.41, 5.74) is 1.76. The molecule has 2 aromatic heterocycles. The average Bonchev–Trinajstić information content (AvgIpc) is 2.75. The third-order valence-electron chi connectivity index (χ3n) is 2.27. The second-order valence-corrected chi connectivity index (χ2v) is 4.52. The van der Waals surface area contributed by atoms with Crippen LogP contribution < -0.4 is 0 Å². The van der Waals surface area contributed by atoms with Gasteiger partial charge in [-0.2, -0.15) is 5.10 Å². The van der Waals surface area contributed by atoms with Crippen molar-refractivity contribution in [1.29, 1.82) is 0 Å². The van der Waals surface area contributed by atoms with Crippen LogP contribution in [0.15, 0.2) is 17.6 Å². The van der Waals surface area contributed by atoms with E-state index in [1.165, 1.54) is 0 Å². The van der Waals surface area contributed by atoms with Gasteiger partial charge in [-0.1, -0.05) is 0 Å². The van der Waals surface area contributed by atoms with Crippen molar-refractivity contribution < 1.29 is 5.11 Å². The van der Waals surface area contributed by atoms with E-state index >= 15 is 0 Å². The highest BCUT2D eigenvalue weighted by atomic mass is 32.1. The van der Waals surface area contributed by atoms with Gasteiger partial charge in [-0.25, -0.2) is 4.98 Å². The molecule has 2 aromatic rings. The molecule has 0 bridgehead atoms. The molecule has 0 aromatic carbocycles. The van der Waals surface area contributed by atoms with Crippen LogP contribution in [0.1, 0.15) is 22.5 Å². The molecule has 4 nitrogen and oxygen atoms in total. The van der Waals surface area contributed by atoms with Crippen LogP contribution >= 0.6 is 11.3 Å². The van der Waals surface area contributed by atoms with E-state index in [0.29, 0.717) is 6.42 Å². The molecular formula is C10H13N3OS. The Morgan fingerprint density at radius 1 is 1.60 bits per heavy atom. The van der Waals surface area contributed by atoms with Gasteiger partial charge in [0.1, 0.15) is 6.10 Å². The molecule has 0 spiro atoms. The molecule has 0 amide bonds. The molecule has 1 N–H and O–H groups in total. The Bertz CT molecular complexity index is 449. The Labute approximate surface area is 92.2 Å². The number of nitrogens with zero attached hydrogens (tertiary/aromatic N) is 3.